The van der Waals surface area contributed by atoms with Gasteiger partial charge >= 0.3 is 0 Å². The van der Waals surface area contributed by atoms with Gasteiger partial charge in [-0.1, -0.05) is 78.0 Å². The Kier molecular flexibility index (Phi) is 7.76. The van der Waals surface area contributed by atoms with E-state index in [0.717, 1.165) is 34.8 Å². The van der Waals surface area contributed by atoms with Gasteiger partial charge in [0.25, 0.3) is 0 Å². The van der Waals surface area contributed by atoms with E-state index >= 15 is 0 Å². The second kappa shape index (κ2) is 11.3. The fourth-order valence-corrected chi connectivity index (χ4v) is 4.07. The summed E-state index contributed by atoms with van der Waals surface area (Å²) in [6.45, 7) is 4.80. The topological polar surface area (TPSA) is 64.4 Å². The van der Waals surface area contributed by atoms with Crippen molar-refractivity contribution in [1.29, 1.82) is 0 Å². The number of aryl methyl sites for hydroxylation is 2. The van der Waals surface area contributed by atoms with Crippen molar-refractivity contribution < 1.29 is 14.1 Å². The maximum Gasteiger partial charge on any atom is 0.224 e. The van der Waals surface area contributed by atoms with Gasteiger partial charge in [0.05, 0.1) is 17.7 Å². The van der Waals surface area contributed by atoms with Crippen molar-refractivity contribution in [2.24, 2.45) is 0 Å². The lowest BCUT2D eigenvalue weighted by atomic mass is 9.88. The van der Waals surface area contributed by atoms with Gasteiger partial charge in [-0.25, -0.2) is 0 Å². The number of benzene rings is 3. The Morgan fingerprint density at radius 2 is 1.53 bits per heavy atom. The molecule has 0 aliphatic heterocycles. The molecule has 0 radical (unpaired) electrons. The number of hydrogen-bond acceptors (Lipinski definition) is 4. The number of hydrogen-bond donors (Lipinski definition) is 1. The van der Waals surface area contributed by atoms with Gasteiger partial charge in [0.15, 0.2) is 0 Å². The first-order chi connectivity index (χ1) is 16.6. The van der Waals surface area contributed by atoms with Crippen LogP contribution < -0.4 is 10.1 Å². The molecule has 1 aromatic heterocycles. The Hall–Kier alpha value is -3.86. The molecule has 0 aliphatic rings. The first-order valence-corrected chi connectivity index (χ1v) is 11.6. The highest BCUT2D eigenvalue weighted by Gasteiger charge is 2.14. The molecular weight excluding hydrogens is 424 g/mol. The van der Waals surface area contributed by atoms with Crippen LogP contribution in [0.2, 0.25) is 0 Å². The smallest absolute Gasteiger partial charge is 0.224 e. The third-order valence-electron chi connectivity index (χ3n) is 6.01. The van der Waals surface area contributed by atoms with Crippen molar-refractivity contribution in [1.82, 2.24) is 10.5 Å². The minimum absolute atomic E-state index is 0.0178. The molecule has 5 heteroatoms. The SMILES string of the molecule is Cc1noc(C)c1COc1ccc(CC(=O)NCCC(c2ccccc2)c2ccccc2)cc1. The summed E-state index contributed by atoms with van der Waals surface area (Å²) in [5, 5.41) is 7.03. The van der Waals surface area contributed by atoms with Crippen LogP contribution in [0.5, 0.6) is 5.75 Å². The molecule has 1 heterocycles. The number of amides is 1. The van der Waals surface area contributed by atoms with Crippen molar-refractivity contribution in [3.8, 4) is 5.75 Å². The van der Waals surface area contributed by atoms with E-state index in [1.165, 1.54) is 11.1 Å². The van der Waals surface area contributed by atoms with E-state index in [0.29, 0.717) is 19.6 Å². The van der Waals surface area contributed by atoms with Gasteiger partial charge in [0.2, 0.25) is 5.91 Å². The Bertz CT molecular complexity index is 1130. The number of nitrogens with one attached hydrogen (secondary N) is 1. The van der Waals surface area contributed by atoms with Crippen molar-refractivity contribution >= 4 is 5.91 Å². The second-order valence-electron chi connectivity index (χ2n) is 8.42. The molecule has 4 rings (SSSR count). The molecule has 3 aromatic carbocycles. The summed E-state index contributed by atoms with van der Waals surface area (Å²) in [6, 6.07) is 28.5. The van der Waals surface area contributed by atoms with Crippen LogP contribution in [0.1, 0.15) is 46.0 Å². The zero-order chi connectivity index (χ0) is 23.8. The standard InChI is InChI=1S/C29H30N2O3/c1-21-28(22(2)34-31-21)20-33-26-15-13-23(14-16-26)19-29(32)30-18-17-27(24-9-5-3-6-10-24)25-11-7-4-8-12-25/h3-16,27H,17-20H2,1-2H3,(H,30,32). The molecule has 5 nitrogen and oxygen atoms in total. The summed E-state index contributed by atoms with van der Waals surface area (Å²) in [6.07, 6.45) is 1.18. The number of nitrogens with zero attached hydrogens (tertiary/aromatic N) is 1. The number of carbonyl (C=O) groups is 1. The highest BCUT2D eigenvalue weighted by atomic mass is 16.5. The van der Waals surface area contributed by atoms with E-state index in [1.54, 1.807) is 0 Å². The first-order valence-electron chi connectivity index (χ1n) is 11.6. The van der Waals surface area contributed by atoms with Crippen LogP contribution in [-0.4, -0.2) is 17.6 Å². The molecule has 0 unspecified atom stereocenters. The molecular formula is C29H30N2O3. The average molecular weight is 455 g/mol. The number of carbonyl (C=O) groups excluding carboxylic acids is 1. The summed E-state index contributed by atoms with van der Waals surface area (Å²) >= 11 is 0. The Morgan fingerprint density at radius 3 is 2.09 bits per heavy atom. The van der Waals surface area contributed by atoms with Gasteiger partial charge in [-0.15, -0.1) is 0 Å². The Balaban J connectivity index is 1.28. The molecule has 0 spiro atoms. The molecule has 0 aliphatic carbocycles. The monoisotopic (exact) mass is 454 g/mol. The van der Waals surface area contributed by atoms with E-state index < -0.39 is 0 Å². The molecule has 4 aromatic rings. The van der Waals surface area contributed by atoms with Gasteiger partial charge in [-0.3, -0.25) is 4.79 Å². The zero-order valence-electron chi connectivity index (χ0n) is 19.7. The predicted molar refractivity (Wildman–Crippen MR) is 133 cm³/mol. The second-order valence-corrected chi connectivity index (χ2v) is 8.42. The lowest BCUT2D eigenvalue weighted by Crippen LogP contribution is -2.27. The third kappa shape index (κ3) is 6.13. The van der Waals surface area contributed by atoms with E-state index in [9.17, 15) is 4.79 Å². The minimum Gasteiger partial charge on any atom is -0.489 e. The van der Waals surface area contributed by atoms with Gasteiger partial charge in [0, 0.05) is 12.5 Å². The van der Waals surface area contributed by atoms with Crippen LogP contribution in [0.25, 0.3) is 0 Å². The van der Waals surface area contributed by atoms with Crippen LogP contribution in [0.15, 0.2) is 89.5 Å². The molecule has 0 saturated carbocycles. The van der Waals surface area contributed by atoms with Crippen LogP contribution >= 0.6 is 0 Å². The molecule has 0 atom stereocenters. The van der Waals surface area contributed by atoms with Crippen LogP contribution in [0, 0.1) is 13.8 Å². The Labute approximate surface area is 200 Å². The van der Waals surface area contributed by atoms with Crippen LogP contribution in [-0.2, 0) is 17.8 Å². The Morgan fingerprint density at radius 1 is 0.912 bits per heavy atom. The van der Waals surface area contributed by atoms with E-state index in [4.69, 9.17) is 9.26 Å². The number of ether oxygens (including phenoxy) is 1. The minimum atomic E-state index is 0.0178. The molecule has 174 valence electrons. The largest absolute Gasteiger partial charge is 0.489 e. The van der Waals surface area contributed by atoms with Crippen LogP contribution in [0.3, 0.4) is 0 Å². The van der Waals surface area contributed by atoms with E-state index in [-0.39, 0.29) is 11.8 Å². The zero-order valence-corrected chi connectivity index (χ0v) is 19.7. The lowest BCUT2D eigenvalue weighted by Gasteiger charge is -2.18. The number of rotatable bonds is 10. The van der Waals surface area contributed by atoms with Gasteiger partial charge in [-0.05, 0) is 49.1 Å². The van der Waals surface area contributed by atoms with Crippen molar-refractivity contribution in [2.45, 2.75) is 39.2 Å². The molecule has 0 bridgehead atoms. The summed E-state index contributed by atoms with van der Waals surface area (Å²) in [4.78, 5) is 12.5. The normalized spacial score (nSPS) is 10.9. The molecule has 0 fully saturated rings. The molecule has 0 saturated heterocycles. The van der Waals surface area contributed by atoms with Gasteiger partial charge < -0.3 is 14.6 Å². The maximum absolute atomic E-state index is 12.5. The summed E-state index contributed by atoms with van der Waals surface area (Å²) in [7, 11) is 0. The van der Waals surface area contributed by atoms with Crippen molar-refractivity contribution in [3.63, 3.8) is 0 Å². The average Bonchev–Trinajstić information content (AvgIpc) is 3.19. The highest BCUT2D eigenvalue weighted by Crippen LogP contribution is 2.27. The lowest BCUT2D eigenvalue weighted by molar-refractivity contribution is -0.120. The van der Waals surface area contributed by atoms with Crippen molar-refractivity contribution in [2.75, 3.05) is 6.54 Å². The quantitative estimate of drug-likeness (QED) is 0.331. The van der Waals surface area contributed by atoms with E-state index in [2.05, 4.69) is 59.0 Å². The molecule has 1 N–H and O–H groups in total. The fraction of sp³-hybridized carbons (Fsp3) is 0.241. The first kappa shape index (κ1) is 23.3. The van der Waals surface area contributed by atoms with Crippen molar-refractivity contribution in [3.05, 3.63) is 119 Å². The van der Waals surface area contributed by atoms with Crippen LogP contribution in [0.4, 0.5) is 0 Å². The summed E-state index contributed by atoms with van der Waals surface area (Å²) < 4.78 is 11.0. The third-order valence-corrected chi connectivity index (χ3v) is 6.01. The predicted octanol–water partition coefficient (Wildman–Crippen LogP) is 5.75. The summed E-state index contributed by atoms with van der Waals surface area (Å²) in [5.41, 5.74) is 5.27. The fourth-order valence-electron chi connectivity index (χ4n) is 4.07. The summed E-state index contributed by atoms with van der Waals surface area (Å²) in [5.74, 6) is 1.78. The van der Waals surface area contributed by atoms with E-state index in [1.807, 2.05) is 50.2 Å². The number of aromatic nitrogens is 1. The highest BCUT2D eigenvalue weighted by molar-refractivity contribution is 5.78. The molecule has 34 heavy (non-hydrogen) atoms. The van der Waals surface area contributed by atoms with Gasteiger partial charge in [0.1, 0.15) is 18.1 Å². The molecule has 1 amide bonds. The maximum atomic E-state index is 12.5. The van der Waals surface area contributed by atoms with Gasteiger partial charge in [-0.2, -0.15) is 0 Å².